The largest absolute Gasteiger partial charge is 0.322 e. The zero-order chi connectivity index (χ0) is 22.4. The monoisotopic (exact) mass is 417 g/mol. The van der Waals surface area contributed by atoms with Crippen molar-refractivity contribution in [1.82, 2.24) is 0 Å². The van der Waals surface area contributed by atoms with Crippen LogP contribution < -0.4 is 5.32 Å². The normalized spacial score (nSPS) is 10.6. The summed E-state index contributed by atoms with van der Waals surface area (Å²) in [6.45, 7) is 0. The van der Waals surface area contributed by atoms with E-state index in [1.165, 1.54) is 6.08 Å². The maximum atomic E-state index is 12.5. The molecule has 1 N–H and O–H groups in total. The number of carbonyl (C=O) groups is 2. The van der Waals surface area contributed by atoms with Crippen LogP contribution in [-0.2, 0) is 0 Å². The SMILES string of the molecule is O=C(/C=C\c1cccc(NC(=O)c2cc([N+](=O)[O-])cc([N+](=O)[O-])c2)c1)c1ccccc1. The van der Waals surface area contributed by atoms with Gasteiger partial charge in [-0.3, -0.25) is 29.8 Å². The first-order valence-corrected chi connectivity index (χ1v) is 8.96. The van der Waals surface area contributed by atoms with Crippen molar-refractivity contribution in [3.05, 3.63) is 116 Å². The Kier molecular flexibility index (Phi) is 6.27. The highest BCUT2D eigenvalue weighted by atomic mass is 16.6. The maximum absolute atomic E-state index is 12.5. The molecule has 0 aliphatic rings. The van der Waals surface area contributed by atoms with Crippen LogP contribution in [0.15, 0.2) is 78.9 Å². The molecule has 0 aliphatic carbocycles. The highest BCUT2D eigenvalue weighted by Gasteiger charge is 2.20. The summed E-state index contributed by atoms with van der Waals surface area (Å²) < 4.78 is 0. The van der Waals surface area contributed by atoms with Gasteiger partial charge in [-0.05, 0) is 23.8 Å². The molecule has 0 saturated carbocycles. The second-order valence-electron chi connectivity index (χ2n) is 6.40. The van der Waals surface area contributed by atoms with Crippen LogP contribution in [0.4, 0.5) is 17.1 Å². The number of amides is 1. The molecule has 3 aromatic carbocycles. The van der Waals surface area contributed by atoms with E-state index in [-0.39, 0.29) is 11.3 Å². The van der Waals surface area contributed by atoms with Crippen LogP contribution in [0.25, 0.3) is 6.08 Å². The lowest BCUT2D eigenvalue weighted by molar-refractivity contribution is -0.394. The van der Waals surface area contributed by atoms with Crippen LogP contribution in [-0.4, -0.2) is 21.5 Å². The number of nitrogens with one attached hydrogen (secondary N) is 1. The summed E-state index contributed by atoms with van der Waals surface area (Å²) in [6, 6.07) is 18.0. The minimum Gasteiger partial charge on any atom is -0.322 e. The molecule has 0 spiro atoms. The first kappa shape index (κ1) is 21.1. The molecule has 0 aromatic heterocycles. The molecule has 9 heteroatoms. The fraction of sp³-hybridized carbons (Fsp3) is 0. The van der Waals surface area contributed by atoms with Gasteiger partial charge >= 0.3 is 0 Å². The van der Waals surface area contributed by atoms with E-state index in [1.54, 1.807) is 54.6 Å². The van der Waals surface area contributed by atoms with Gasteiger partial charge in [0.25, 0.3) is 17.3 Å². The lowest BCUT2D eigenvalue weighted by atomic mass is 10.1. The average molecular weight is 417 g/mol. The Morgan fingerprint density at radius 3 is 2.03 bits per heavy atom. The zero-order valence-corrected chi connectivity index (χ0v) is 15.9. The van der Waals surface area contributed by atoms with Crippen molar-refractivity contribution in [3.8, 4) is 0 Å². The maximum Gasteiger partial charge on any atom is 0.277 e. The third kappa shape index (κ3) is 5.45. The van der Waals surface area contributed by atoms with Crippen molar-refractivity contribution in [1.29, 1.82) is 0 Å². The molecular formula is C22H15N3O6. The minimum atomic E-state index is -0.807. The number of hydrogen-bond acceptors (Lipinski definition) is 6. The van der Waals surface area contributed by atoms with Crippen molar-refractivity contribution >= 4 is 34.8 Å². The van der Waals surface area contributed by atoms with Gasteiger partial charge in [0.05, 0.1) is 21.5 Å². The Morgan fingerprint density at radius 2 is 1.42 bits per heavy atom. The summed E-state index contributed by atoms with van der Waals surface area (Å²) in [7, 11) is 0. The van der Waals surface area contributed by atoms with E-state index >= 15 is 0 Å². The number of benzene rings is 3. The molecule has 0 aliphatic heterocycles. The predicted molar refractivity (Wildman–Crippen MR) is 114 cm³/mol. The number of rotatable bonds is 7. The summed E-state index contributed by atoms with van der Waals surface area (Å²) in [5.74, 6) is -0.924. The van der Waals surface area contributed by atoms with Crippen LogP contribution in [0.2, 0.25) is 0 Å². The Bertz CT molecular complexity index is 1170. The summed E-state index contributed by atoms with van der Waals surface area (Å²) in [5.41, 5.74) is 0.183. The smallest absolute Gasteiger partial charge is 0.277 e. The standard InChI is InChI=1S/C22H15N3O6/c26-21(16-6-2-1-3-7-16)10-9-15-5-4-8-18(11-15)23-22(27)17-12-19(24(28)29)14-20(13-17)25(30)31/h1-14H,(H,23,27)/b10-9-. The van der Waals surface area contributed by atoms with Crippen LogP contribution >= 0.6 is 0 Å². The average Bonchev–Trinajstić information content (AvgIpc) is 2.78. The van der Waals surface area contributed by atoms with E-state index in [4.69, 9.17) is 0 Å². The molecule has 31 heavy (non-hydrogen) atoms. The van der Waals surface area contributed by atoms with Crippen LogP contribution in [0.3, 0.4) is 0 Å². The molecule has 3 aromatic rings. The van der Waals surface area contributed by atoms with E-state index in [0.29, 0.717) is 16.8 Å². The van der Waals surface area contributed by atoms with E-state index in [2.05, 4.69) is 5.32 Å². The van der Waals surface area contributed by atoms with E-state index < -0.39 is 27.1 Å². The quantitative estimate of drug-likeness (QED) is 0.257. The first-order chi connectivity index (χ1) is 14.8. The highest BCUT2D eigenvalue weighted by Crippen LogP contribution is 2.23. The van der Waals surface area contributed by atoms with Gasteiger partial charge in [0.15, 0.2) is 5.78 Å². The number of nitrogens with zero attached hydrogens (tertiary/aromatic N) is 2. The topological polar surface area (TPSA) is 132 Å². The van der Waals surface area contributed by atoms with Gasteiger partial charge in [-0.2, -0.15) is 0 Å². The Balaban J connectivity index is 1.79. The second-order valence-corrected chi connectivity index (χ2v) is 6.40. The minimum absolute atomic E-state index is 0.182. The molecular weight excluding hydrogens is 402 g/mol. The van der Waals surface area contributed by atoms with Crippen molar-refractivity contribution in [2.24, 2.45) is 0 Å². The first-order valence-electron chi connectivity index (χ1n) is 8.96. The van der Waals surface area contributed by atoms with Crippen LogP contribution in [0.1, 0.15) is 26.3 Å². The molecule has 0 fully saturated rings. The third-order valence-corrected chi connectivity index (χ3v) is 4.22. The van der Waals surface area contributed by atoms with Crippen molar-refractivity contribution in [2.75, 3.05) is 5.32 Å². The molecule has 3 rings (SSSR count). The Labute approximate surface area is 175 Å². The number of nitro groups is 2. The second kappa shape index (κ2) is 9.23. The zero-order valence-electron chi connectivity index (χ0n) is 15.9. The molecule has 0 saturated heterocycles. The number of anilines is 1. The number of ketones is 1. The summed E-state index contributed by atoms with van der Waals surface area (Å²) >= 11 is 0. The predicted octanol–water partition coefficient (Wildman–Crippen LogP) is 4.65. The summed E-state index contributed by atoms with van der Waals surface area (Å²) in [5, 5.41) is 24.5. The van der Waals surface area contributed by atoms with Gasteiger partial charge in [-0.25, -0.2) is 0 Å². The molecule has 1 amide bonds. The summed E-state index contributed by atoms with van der Waals surface area (Å²) in [4.78, 5) is 45.1. The molecule has 0 bridgehead atoms. The highest BCUT2D eigenvalue weighted by molar-refractivity contribution is 6.07. The van der Waals surface area contributed by atoms with Gasteiger partial charge in [-0.15, -0.1) is 0 Å². The Hall–Kier alpha value is -4.66. The van der Waals surface area contributed by atoms with Crippen molar-refractivity contribution < 1.29 is 19.4 Å². The summed E-state index contributed by atoms with van der Waals surface area (Å²) in [6.07, 6.45) is 2.99. The number of non-ortho nitro benzene ring substituents is 2. The van der Waals surface area contributed by atoms with Gasteiger partial charge < -0.3 is 5.32 Å². The van der Waals surface area contributed by atoms with Crippen molar-refractivity contribution in [3.63, 3.8) is 0 Å². The van der Waals surface area contributed by atoms with Crippen LogP contribution in [0, 0.1) is 20.2 Å². The Morgan fingerprint density at radius 1 is 0.774 bits per heavy atom. The number of allylic oxidation sites excluding steroid dienone is 1. The lowest BCUT2D eigenvalue weighted by Crippen LogP contribution is -2.12. The number of nitro benzene ring substituents is 2. The lowest BCUT2D eigenvalue weighted by Gasteiger charge is -2.06. The van der Waals surface area contributed by atoms with Gasteiger partial charge in [0.1, 0.15) is 0 Å². The van der Waals surface area contributed by atoms with Gasteiger partial charge in [0.2, 0.25) is 0 Å². The molecule has 0 radical (unpaired) electrons. The van der Waals surface area contributed by atoms with Crippen molar-refractivity contribution in [2.45, 2.75) is 0 Å². The third-order valence-electron chi connectivity index (χ3n) is 4.22. The van der Waals surface area contributed by atoms with Crippen LogP contribution in [0.5, 0.6) is 0 Å². The molecule has 9 nitrogen and oxygen atoms in total. The number of carbonyl (C=O) groups excluding carboxylic acids is 2. The molecule has 0 atom stereocenters. The number of hydrogen-bond donors (Lipinski definition) is 1. The van der Waals surface area contributed by atoms with Gasteiger partial charge in [0, 0.05) is 23.4 Å². The van der Waals surface area contributed by atoms with E-state index in [0.717, 1.165) is 18.2 Å². The fourth-order valence-electron chi connectivity index (χ4n) is 2.73. The molecule has 0 heterocycles. The molecule has 154 valence electrons. The fourth-order valence-corrected chi connectivity index (χ4v) is 2.73. The molecule has 0 unspecified atom stereocenters. The van der Waals surface area contributed by atoms with Gasteiger partial charge in [-0.1, -0.05) is 48.5 Å². The van der Waals surface area contributed by atoms with E-state index in [1.807, 2.05) is 6.07 Å². The van der Waals surface area contributed by atoms with E-state index in [9.17, 15) is 29.8 Å².